The number of nitrogens with zero attached hydrogens (tertiary/aromatic N) is 2. The zero-order valence-electron chi connectivity index (χ0n) is 13.2. The number of aromatic nitrogens is 3. The minimum absolute atomic E-state index is 0.200. The number of fused-ring (bicyclic) bond motifs is 1. The van der Waals surface area contributed by atoms with E-state index in [1.807, 2.05) is 37.3 Å². The van der Waals surface area contributed by atoms with Crippen LogP contribution >= 0.6 is 22.6 Å². The number of halogens is 1. The van der Waals surface area contributed by atoms with Crippen molar-refractivity contribution in [3.8, 4) is 0 Å². The molecule has 1 aromatic carbocycles. The molecule has 0 aliphatic carbocycles. The van der Waals surface area contributed by atoms with Gasteiger partial charge in [-0.25, -0.2) is 9.97 Å². The topological polar surface area (TPSA) is 79.9 Å². The van der Waals surface area contributed by atoms with Crippen molar-refractivity contribution in [3.63, 3.8) is 0 Å². The Kier molecular flexibility index (Phi) is 5.29. The largest absolute Gasteiger partial charge is 0.466 e. The van der Waals surface area contributed by atoms with Crippen molar-refractivity contribution < 1.29 is 9.53 Å². The van der Waals surface area contributed by atoms with E-state index >= 15 is 0 Å². The molecule has 6 nitrogen and oxygen atoms in total. The van der Waals surface area contributed by atoms with Gasteiger partial charge in [0.2, 0.25) is 0 Å². The molecule has 124 valence electrons. The number of H-pyrrole nitrogens is 1. The molecule has 2 N–H and O–H groups in total. The molecule has 0 saturated carbocycles. The van der Waals surface area contributed by atoms with E-state index in [1.165, 1.54) is 0 Å². The molecule has 0 atom stereocenters. The second-order valence-electron chi connectivity index (χ2n) is 5.25. The number of rotatable bonds is 6. The maximum absolute atomic E-state index is 11.5. The van der Waals surface area contributed by atoms with E-state index in [0.717, 1.165) is 31.7 Å². The highest BCUT2D eigenvalue weighted by Crippen LogP contribution is 2.21. The predicted molar refractivity (Wildman–Crippen MR) is 101 cm³/mol. The molecule has 7 heteroatoms. The minimum atomic E-state index is -0.200. The molecule has 0 radical (unpaired) electrons. The van der Waals surface area contributed by atoms with E-state index in [-0.39, 0.29) is 5.97 Å². The smallest absolute Gasteiger partial charge is 0.310 e. The van der Waals surface area contributed by atoms with Gasteiger partial charge in [-0.05, 0) is 46.7 Å². The summed E-state index contributed by atoms with van der Waals surface area (Å²) in [4.78, 5) is 23.2. The average molecular weight is 436 g/mol. The molecule has 3 rings (SSSR count). The number of carbonyl (C=O) groups is 1. The van der Waals surface area contributed by atoms with E-state index < -0.39 is 0 Å². The number of benzene rings is 1. The van der Waals surface area contributed by atoms with Crippen LogP contribution in [0.1, 0.15) is 18.1 Å². The fourth-order valence-electron chi connectivity index (χ4n) is 2.39. The standard InChI is InChI=1S/C17H17IN4O2/c1-2-24-15(23)7-11-3-5-12(6-4-11)9-19-16-13-8-14(18)22-17(13)21-10-20-16/h3-6,8,10H,2,7,9H2,1H3,(H2,19,20,21,22). The lowest BCUT2D eigenvalue weighted by molar-refractivity contribution is -0.142. The molecule has 0 bridgehead atoms. The van der Waals surface area contributed by atoms with Crippen molar-refractivity contribution in [2.24, 2.45) is 0 Å². The van der Waals surface area contributed by atoms with Crippen LogP contribution in [0.2, 0.25) is 0 Å². The number of hydrogen-bond acceptors (Lipinski definition) is 5. The van der Waals surface area contributed by atoms with Crippen LogP contribution in [0.4, 0.5) is 5.82 Å². The Hall–Kier alpha value is -2.16. The maximum atomic E-state index is 11.5. The third kappa shape index (κ3) is 4.02. The van der Waals surface area contributed by atoms with E-state index in [0.29, 0.717) is 19.6 Å². The molecule has 0 unspecified atom stereocenters. The number of aromatic amines is 1. The first-order valence-electron chi connectivity index (χ1n) is 7.62. The molecular weight excluding hydrogens is 419 g/mol. The van der Waals surface area contributed by atoms with E-state index in [9.17, 15) is 4.79 Å². The van der Waals surface area contributed by atoms with Gasteiger partial charge >= 0.3 is 5.97 Å². The number of hydrogen-bond donors (Lipinski definition) is 2. The Morgan fingerprint density at radius 1 is 1.25 bits per heavy atom. The van der Waals surface area contributed by atoms with Gasteiger partial charge in [0.1, 0.15) is 17.8 Å². The van der Waals surface area contributed by atoms with Gasteiger partial charge in [-0.3, -0.25) is 4.79 Å². The number of carbonyl (C=O) groups excluding carboxylic acids is 1. The van der Waals surface area contributed by atoms with Crippen molar-refractivity contribution in [1.82, 2.24) is 15.0 Å². The van der Waals surface area contributed by atoms with Gasteiger partial charge in [-0.2, -0.15) is 0 Å². The van der Waals surface area contributed by atoms with Gasteiger partial charge in [-0.15, -0.1) is 0 Å². The quantitative estimate of drug-likeness (QED) is 0.458. The lowest BCUT2D eigenvalue weighted by Gasteiger charge is -2.07. The summed E-state index contributed by atoms with van der Waals surface area (Å²) in [5.41, 5.74) is 2.88. The fourth-order valence-corrected chi connectivity index (χ4v) is 2.95. The van der Waals surface area contributed by atoms with Crippen LogP contribution in [0.5, 0.6) is 0 Å². The molecule has 2 aromatic heterocycles. The summed E-state index contributed by atoms with van der Waals surface area (Å²) in [6, 6.07) is 9.91. The third-order valence-electron chi connectivity index (χ3n) is 3.53. The first-order chi connectivity index (χ1) is 11.7. The average Bonchev–Trinajstić information content (AvgIpc) is 2.95. The number of ether oxygens (including phenoxy) is 1. The first-order valence-corrected chi connectivity index (χ1v) is 8.70. The highest BCUT2D eigenvalue weighted by molar-refractivity contribution is 14.1. The highest BCUT2D eigenvalue weighted by Gasteiger charge is 2.07. The molecule has 0 aliphatic rings. The molecule has 0 saturated heterocycles. The summed E-state index contributed by atoms with van der Waals surface area (Å²) in [5.74, 6) is 0.601. The Morgan fingerprint density at radius 2 is 2.00 bits per heavy atom. The summed E-state index contributed by atoms with van der Waals surface area (Å²) in [7, 11) is 0. The van der Waals surface area contributed by atoms with Crippen molar-refractivity contribution in [1.29, 1.82) is 0 Å². The molecule has 0 fully saturated rings. The third-order valence-corrected chi connectivity index (χ3v) is 4.11. The van der Waals surface area contributed by atoms with Crippen LogP contribution in [0, 0.1) is 3.70 Å². The van der Waals surface area contributed by atoms with Gasteiger partial charge in [0.05, 0.1) is 22.1 Å². The van der Waals surface area contributed by atoms with Crippen LogP contribution in [0.3, 0.4) is 0 Å². The molecular formula is C17H17IN4O2. The predicted octanol–water partition coefficient (Wildman–Crippen LogP) is 3.28. The SMILES string of the molecule is CCOC(=O)Cc1ccc(CNc2ncnc3[nH]c(I)cc23)cc1. The lowest BCUT2D eigenvalue weighted by Crippen LogP contribution is -2.07. The summed E-state index contributed by atoms with van der Waals surface area (Å²) in [5, 5.41) is 4.30. The van der Waals surface area contributed by atoms with Gasteiger partial charge in [-0.1, -0.05) is 24.3 Å². The number of esters is 1. The second kappa shape index (κ2) is 7.61. The second-order valence-corrected chi connectivity index (χ2v) is 6.42. The Labute approximate surface area is 153 Å². The van der Waals surface area contributed by atoms with Crippen LogP contribution < -0.4 is 5.32 Å². The Balaban J connectivity index is 1.65. The first kappa shape index (κ1) is 16.7. The van der Waals surface area contributed by atoms with E-state index in [2.05, 4.69) is 42.9 Å². The molecule has 0 aliphatic heterocycles. The van der Waals surface area contributed by atoms with Crippen molar-refractivity contribution in [3.05, 3.63) is 51.5 Å². The Bertz CT molecular complexity index is 845. The van der Waals surface area contributed by atoms with Gasteiger partial charge in [0.25, 0.3) is 0 Å². The summed E-state index contributed by atoms with van der Waals surface area (Å²) < 4.78 is 5.98. The van der Waals surface area contributed by atoms with E-state index in [1.54, 1.807) is 6.33 Å². The van der Waals surface area contributed by atoms with Crippen LogP contribution in [0.15, 0.2) is 36.7 Å². The van der Waals surface area contributed by atoms with Crippen molar-refractivity contribution in [2.45, 2.75) is 19.9 Å². The minimum Gasteiger partial charge on any atom is -0.466 e. The van der Waals surface area contributed by atoms with E-state index in [4.69, 9.17) is 4.74 Å². The summed E-state index contributed by atoms with van der Waals surface area (Å²) >= 11 is 2.22. The van der Waals surface area contributed by atoms with Crippen molar-refractivity contribution in [2.75, 3.05) is 11.9 Å². The zero-order valence-corrected chi connectivity index (χ0v) is 15.3. The van der Waals surface area contributed by atoms with Crippen LogP contribution in [0.25, 0.3) is 11.0 Å². The molecule has 3 aromatic rings. The van der Waals surface area contributed by atoms with Gasteiger partial charge in [0, 0.05) is 6.54 Å². The van der Waals surface area contributed by atoms with Gasteiger partial charge in [0.15, 0.2) is 0 Å². The lowest BCUT2D eigenvalue weighted by atomic mass is 10.1. The molecule has 0 spiro atoms. The zero-order chi connectivity index (χ0) is 16.9. The van der Waals surface area contributed by atoms with Gasteiger partial charge < -0.3 is 15.0 Å². The fraction of sp³-hybridized carbons (Fsp3) is 0.235. The summed E-state index contributed by atoms with van der Waals surface area (Å²) in [6.45, 7) is 2.86. The van der Waals surface area contributed by atoms with Crippen LogP contribution in [-0.4, -0.2) is 27.5 Å². The normalized spacial score (nSPS) is 10.8. The monoisotopic (exact) mass is 436 g/mol. The van der Waals surface area contributed by atoms with Crippen molar-refractivity contribution >= 4 is 45.4 Å². The molecule has 0 amide bonds. The number of nitrogens with one attached hydrogen (secondary N) is 2. The molecule has 24 heavy (non-hydrogen) atoms. The van der Waals surface area contributed by atoms with Crippen LogP contribution in [-0.2, 0) is 22.5 Å². The highest BCUT2D eigenvalue weighted by atomic mass is 127. The summed E-state index contributed by atoms with van der Waals surface area (Å²) in [6.07, 6.45) is 1.84. The number of anilines is 1. The molecule has 2 heterocycles. The maximum Gasteiger partial charge on any atom is 0.310 e. The Morgan fingerprint density at radius 3 is 2.75 bits per heavy atom.